The molecule has 3 unspecified atom stereocenters. The molecule has 0 spiro atoms. The Kier molecular flexibility index (Phi) is 3.62. The van der Waals surface area contributed by atoms with Crippen molar-refractivity contribution in [2.45, 2.75) is 52.0 Å². The van der Waals surface area contributed by atoms with E-state index < -0.39 is 0 Å². The summed E-state index contributed by atoms with van der Waals surface area (Å²) in [5.41, 5.74) is 0.253. The Bertz CT molecular complexity index is 277. The summed E-state index contributed by atoms with van der Waals surface area (Å²) in [6.07, 6.45) is 6.06. The SMILES string of the molecule is CC1(C)CC1C(=O)NC1CCCCC1CBr. The second kappa shape index (κ2) is 4.67. The lowest BCUT2D eigenvalue weighted by Gasteiger charge is -2.31. The van der Waals surface area contributed by atoms with Crippen molar-refractivity contribution in [1.82, 2.24) is 5.32 Å². The fourth-order valence-corrected chi connectivity index (χ4v) is 3.56. The summed E-state index contributed by atoms with van der Waals surface area (Å²) in [4.78, 5) is 12.0. The number of hydrogen-bond acceptors (Lipinski definition) is 1. The molecule has 2 aliphatic rings. The van der Waals surface area contributed by atoms with Crippen LogP contribution in [-0.4, -0.2) is 17.3 Å². The molecule has 0 saturated heterocycles. The first-order chi connectivity index (χ1) is 7.54. The molecule has 0 aliphatic heterocycles. The minimum absolute atomic E-state index is 0.253. The molecule has 0 radical (unpaired) electrons. The molecule has 0 aromatic rings. The summed E-state index contributed by atoms with van der Waals surface area (Å²) < 4.78 is 0. The van der Waals surface area contributed by atoms with Crippen molar-refractivity contribution in [3.63, 3.8) is 0 Å². The first-order valence-electron chi connectivity index (χ1n) is 6.41. The summed E-state index contributed by atoms with van der Waals surface area (Å²) in [7, 11) is 0. The standard InChI is InChI=1S/C13H22BrNO/c1-13(2)7-10(13)12(16)15-11-6-4-3-5-9(11)8-14/h9-11H,3-8H2,1-2H3,(H,15,16). The Morgan fingerprint density at radius 3 is 2.56 bits per heavy atom. The minimum Gasteiger partial charge on any atom is -0.353 e. The van der Waals surface area contributed by atoms with Gasteiger partial charge in [-0.1, -0.05) is 42.6 Å². The quantitative estimate of drug-likeness (QED) is 0.794. The van der Waals surface area contributed by atoms with Gasteiger partial charge in [-0.15, -0.1) is 0 Å². The molecule has 0 heterocycles. The van der Waals surface area contributed by atoms with Crippen LogP contribution < -0.4 is 5.32 Å². The third kappa shape index (κ3) is 2.61. The lowest BCUT2D eigenvalue weighted by atomic mass is 9.85. The Morgan fingerprint density at radius 2 is 2.00 bits per heavy atom. The topological polar surface area (TPSA) is 29.1 Å². The molecule has 2 aliphatic carbocycles. The smallest absolute Gasteiger partial charge is 0.223 e. The zero-order valence-electron chi connectivity index (χ0n) is 10.3. The second-order valence-corrected chi connectivity index (χ2v) is 6.71. The van der Waals surface area contributed by atoms with Gasteiger partial charge in [0.25, 0.3) is 0 Å². The van der Waals surface area contributed by atoms with Crippen LogP contribution >= 0.6 is 15.9 Å². The molecule has 92 valence electrons. The first kappa shape index (κ1) is 12.4. The van der Waals surface area contributed by atoms with Gasteiger partial charge < -0.3 is 5.32 Å². The van der Waals surface area contributed by atoms with Gasteiger partial charge in [0.1, 0.15) is 0 Å². The van der Waals surface area contributed by atoms with E-state index in [2.05, 4.69) is 35.1 Å². The van der Waals surface area contributed by atoms with Gasteiger partial charge in [-0.2, -0.15) is 0 Å². The highest BCUT2D eigenvalue weighted by Crippen LogP contribution is 2.51. The number of hydrogen-bond donors (Lipinski definition) is 1. The molecule has 1 N–H and O–H groups in total. The normalized spacial score (nSPS) is 36.8. The van der Waals surface area contributed by atoms with E-state index in [1.807, 2.05) is 0 Å². The van der Waals surface area contributed by atoms with Crippen LogP contribution in [0.5, 0.6) is 0 Å². The van der Waals surface area contributed by atoms with Gasteiger partial charge >= 0.3 is 0 Å². The first-order valence-corrected chi connectivity index (χ1v) is 7.53. The number of alkyl halides is 1. The van der Waals surface area contributed by atoms with E-state index in [1.165, 1.54) is 19.3 Å². The van der Waals surface area contributed by atoms with Crippen molar-refractivity contribution in [3.8, 4) is 0 Å². The summed E-state index contributed by atoms with van der Waals surface area (Å²) in [6, 6.07) is 0.414. The monoisotopic (exact) mass is 287 g/mol. The average molecular weight is 288 g/mol. The van der Waals surface area contributed by atoms with E-state index in [1.54, 1.807) is 0 Å². The highest BCUT2D eigenvalue weighted by Gasteiger charge is 2.51. The number of rotatable bonds is 3. The van der Waals surface area contributed by atoms with E-state index in [0.717, 1.165) is 18.2 Å². The third-order valence-electron chi connectivity index (χ3n) is 4.26. The Labute approximate surface area is 107 Å². The van der Waals surface area contributed by atoms with Crippen LogP contribution in [0.4, 0.5) is 0 Å². The van der Waals surface area contributed by atoms with Crippen LogP contribution in [0.25, 0.3) is 0 Å². The van der Waals surface area contributed by atoms with Crippen LogP contribution in [0.15, 0.2) is 0 Å². The molecule has 3 heteroatoms. The maximum atomic E-state index is 12.0. The number of nitrogens with one attached hydrogen (secondary N) is 1. The molecule has 16 heavy (non-hydrogen) atoms. The summed E-state index contributed by atoms with van der Waals surface area (Å²) >= 11 is 3.57. The summed E-state index contributed by atoms with van der Waals surface area (Å²) in [5, 5.41) is 4.29. The molecule has 2 rings (SSSR count). The van der Waals surface area contributed by atoms with Crippen molar-refractivity contribution in [2.75, 3.05) is 5.33 Å². The molecule has 2 saturated carbocycles. The molecule has 3 atom stereocenters. The van der Waals surface area contributed by atoms with Gasteiger partial charge in [0, 0.05) is 17.3 Å². The molecule has 1 amide bonds. The lowest BCUT2D eigenvalue weighted by molar-refractivity contribution is -0.124. The zero-order valence-corrected chi connectivity index (χ0v) is 11.8. The van der Waals surface area contributed by atoms with Gasteiger partial charge in [0.2, 0.25) is 5.91 Å². The molecule has 0 bridgehead atoms. The van der Waals surface area contributed by atoms with Crippen LogP contribution in [0, 0.1) is 17.3 Å². The lowest BCUT2D eigenvalue weighted by Crippen LogP contribution is -2.43. The van der Waals surface area contributed by atoms with Crippen LogP contribution in [0.2, 0.25) is 0 Å². The van der Waals surface area contributed by atoms with Gasteiger partial charge in [-0.3, -0.25) is 4.79 Å². The van der Waals surface area contributed by atoms with Crippen LogP contribution in [0.3, 0.4) is 0 Å². The zero-order chi connectivity index (χ0) is 11.8. The van der Waals surface area contributed by atoms with E-state index in [9.17, 15) is 4.79 Å². The van der Waals surface area contributed by atoms with Gasteiger partial charge in [-0.25, -0.2) is 0 Å². The van der Waals surface area contributed by atoms with Crippen molar-refractivity contribution in [2.24, 2.45) is 17.3 Å². The molecular weight excluding hydrogens is 266 g/mol. The van der Waals surface area contributed by atoms with Crippen LogP contribution in [-0.2, 0) is 4.79 Å². The molecule has 2 fully saturated rings. The minimum atomic E-state index is 0.253. The number of halogens is 1. The van der Waals surface area contributed by atoms with Crippen LogP contribution in [0.1, 0.15) is 46.0 Å². The van der Waals surface area contributed by atoms with E-state index >= 15 is 0 Å². The molecule has 0 aromatic carbocycles. The van der Waals surface area contributed by atoms with Crippen molar-refractivity contribution in [3.05, 3.63) is 0 Å². The molecule has 0 aromatic heterocycles. The predicted molar refractivity (Wildman–Crippen MR) is 69.6 cm³/mol. The van der Waals surface area contributed by atoms with E-state index in [-0.39, 0.29) is 11.3 Å². The number of amides is 1. The molecular formula is C13H22BrNO. The Morgan fingerprint density at radius 1 is 1.38 bits per heavy atom. The highest BCUT2D eigenvalue weighted by atomic mass is 79.9. The summed E-state index contributed by atoms with van der Waals surface area (Å²) in [5.74, 6) is 1.20. The maximum absolute atomic E-state index is 12.0. The van der Waals surface area contributed by atoms with E-state index in [4.69, 9.17) is 0 Å². The van der Waals surface area contributed by atoms with Gasteiger partial charge in [0.05, 0.1) is 0 Å². The summed E-state index contributed by atoms with van der Waals surface area (Å²) in [6.45, 7) is 4.36. The van der Waals surface area contributed by atoms with Crippen molar-refractivity contribution in [1.29, 1.82) is 0 Å². The second-order valence-electron chi connectivity index (χ2n) is 6.06. The molecule has 2 nitrogen and oxygen atoms in total. The Balaban J connectivity index is 1.86. The number of carbonyl (C=O) groups is 1. The third-order valence-corrected chi connectivity index (χ3v) is 5.10. The highest BCUT2D eigenvalue weighted by molar-refractivity contribution is 9.09. The van der Waals surface area contributed by atoms with Gasteiger partial charge in [-0.05, 0) is 30.6 Å². The Hall–Kier alpha value is -0.0500. The average Bonchev–Trinajstić information content (AvgIpc) is 2.89. The van der Waals surface area contributed by atoms with Gasteiger partial charge in [0.15, 0.2) is 0 Å². The van der Waals surface area contributed by atoms with Crippen molar-refractivity contribution >= 4 is 21.8 Å². The van der Waals surface area contributed by atoms with Crippen molar-refractivity contribution < 1.29 is 4.79 Å². The fourth-order valence-electron chi connectivity index (χ4n) is 2.78. The predicted octanol–water partition coefficient (Wildman–Crippen LogP) is 3.10. The number of carbonyl (C=O) groups excluding carboxylic acids is 1. The van der Waals surface area contributed by atoms with E-state index in [0.29, 0.717) is 17.9 Å². The maximum Gasteiger partial charge on any atom is 0.223 e. The fraction of sp³-hybridized carbons (Fsp3) is 0.923. The largest absolute Gasteiger partial charge is 0.353 e.